The normalized spacial score (nSPS) is 15.8. The lowest BCUT2D eigenvalue weighted by atomic mass is 10.1. The molecule has 0 spiro atoms. The second-order valence-electron chi connectivity index (χ2n) is 5.75. The van der Waals surface area contributed by atoms with Crippen LogP contribution in [-0.4, -0.2) is 33.9 Å². The summed E-state index contributed by atoms with van der Waals surface area (Å²) < 4.78 is 58.5. The minimum atomic E-state index is -4.56. The second kappa shape index (κ2) is 6.98. The van der Waals surface area contributed by atoms with Crippen LogP contribution in [0.2, 0.25) is 0 Å². The van der Waals surface area contributed by atoms with Crippen LogP contribution in [0.15, 0.2) is 22.7 Å². The number of nitrogens with zero attached hydrogens (tertiary/aromatic N) is 1. The molecule has 1 aromatic rings. The lowest BCUT2D eigenvalue weighted by molar-refractivity contribution is -0.171. The number of methoxy groups -OCH3 is 1. The van der Waals surface area contributed by atoms with Crippen molar-refractivity contribution >= 4 is 27.3 Å². The van der Waals surface area contributed by atoms with Gasteiger partial charge in [-0.25, -0.2) is 0 Å². The summed E-state index contributed by atoms with van der Waals surface area (Å²) in [5.74, 6) is 0.293. The van der Waals surface area contributed by atoms with E-state index >= 15 is 0 Å². The average molecular weight is 402 g/mol. The van der Waals surface area contributed by atoms with Gasteiger partial charge in [-0.1, -0.05) is 6.07 Å². The smallest absolute Gasteiger partial charge is 0.412 e. The summed E-state index contributed by atoms with van der Waals surface area (Å²) in [7, 11) is 2.59. The van der Waals surface area contributed by atoms with E-state index in [0.717, 1.165) is 4.31 Å². The summed E-state index contributed by atoms with van der Waals surface area (Å²) in [5.41, 5.74) is -0.0207. The largest absolute Gasteiger partial charge is 0.597 e. The first-order valence-electron chi connectivity index (χ1n) is 6.44. The number of alkyl halides is 3. The number of hydrogen-bond acceptors (Lipinski definition) is 3. The molecule has 0 saturated heterocycles. The van der Waals surface area contributed by atoms with Crippen molar-refractivity contribution in [2.45, 2.75) is 37.7 Å². The molecular formula is C14H19BrF3NO2S. The van der Waals surface area contributed by atoms with Gasteiger partial charge in [0.1, 0.15) is 10.5 Å². The maximum Gasteiger partial charge on any atom is 0.412 e. The summed E-state index contributed by atoms with van der Waals surface area (Å²) in [5, 5.41) is 0. The van der Waals surface area contributed by atoms with Crippen molar-refractivity contribution in [2.24, 2.45) is 0 Å². The fraction of sp³-hybridized carbons (Fsp3) is 0.571. The van der Waals surface area contributed by atoms with Crippen LogP contribution in [0.25, 0.3) is 0 Å². The van der Waals surface area contributed by atoms with Crippen LogP contribution in [0, 0.1) is 0 Å². The highest BCUT2D eigenvalue weighted by molar-refractivity contribution is 9.10. The molecule has 0 saturated carbocycles. The highest BCUT2D eigenvalue weighted by Crippen LogP contribution is 2.42. The van der Waals surface area contributed by atoms with Crippen molar-refractivity contribution in [1.82, 2.24) is 4.31 Å². The number of benzene rings is 1. The van der Waals surface area contributed by atoms with E-state index in [-0.39, 0.29) is 5.56 Å². The van der Waals surface area contributed by atoms with E-state index in [1.54, 1.807) is 20.8 Å². The maximum absolute atomic E-state index is 13.5. The summed E-state index contributed by atoms with van der Waals surface area (Å²) in [6.45, 7) is 4.90. The Hall–Kier alpha value is -0.440. The van der Waals surface area contributed by atoms with Gasteiger partial charge in [0, 0.05) is 18.4 Å². The van der Waals surface area contributed by atoms with E-state index in [1.165, 1.54) is 32.4 Å². The predicted octanol–water partition coefficient (Wildman–Crippen LogP) is 4.46. The molecule has 0 N–H and O–H groups in total. The molecule has 0 aliphatic heterocycles. The summed E-state index contributed by atoms with van der Waals surface area (Å²) >= 11 is 1.40. The molecule has 0 radical (unpaired) electrons. The zero-order valence-electron chi connectivity index (χ0n) is 13.0. The fourth-order valence-corrected chi connectivity index (χ4v) is 3.68. The zero-order valence-corrected chi connectivity index (χ0v) is 15.4. The lowest BCUT2D eigenvalue weighted by Gasteiger charge is -2.36. The van der Waals surface area contributed by atoms with Crippen molar-refractivity contribution in [1.29, 1.82) is 0 Å². The Kier molecular flexibility index (Phi) is 6.22. The Bertz CT molecular complexity index is 520. The number of halogens is 4. The highest BCUT2D eigenvalue weighted by atomic mass is 79.9. The third kappa shape index (κ3) is 4.53. The van der Waals surface area contributed by atoms with E-state index < -0.39 is 28.3 Å². The number of hydrogen-bond donors (Lipinski definition) is 0. The molecule has 0 aromatic heterocycles. The van der Waals surface area contributed by atoms with E-state index in [9.17, 15) is 17.7 Å². The minimum Gasteiger partial charge on any atom is -0.597 e. The molecule has 1 unspecified atom stereocenters. The predicted molar refractivity (Wildman–Crippen MR) is 85.1 cm³/mol. The molecule has 0 heterocycles. The molecule has 0 amide bonds. The first kappa shape index (κ1) is 19.6. The minimum absolute atomic E-state index is 0.0207. The van der Waals surface area contributed by atoms with Crippen LogP contribution in [-0.2, 0) is 11.4 Å². The Balaban J connectivity index is 3.31. The molecule has 22 heavy (non-hydrogen) atoms. The van der Waals surface area contributed by atoms with Gasteiger partial charge in [-0.05, 0) is 54.4 Å². The van der Waals surface area contributed by atoms with Crippen molar-refractivity contribution in [3.8, 4) is 5.75 Å². The maximum atomic E-state index is 13.5. The molecule has 126 valence electrons. The molecule has 0 aliphatic carbocycles. The average Bonchev–Trinajstić information content (AvgIpc) is 2.37. The summed E-state index contributed by atoms with van der Waals surface area (Å²) in [6.07, 6.45) is -4.56. The molecule has 2 atom stereocenters. The van der Waals surface area contributed by atoms with Gasteiger partial charge in [0.15, 0.2) is 6.04 Å². The lowest BCUT2D eigenvalue weighted by Crippen LogP contribution is -2.46. The highest BCUT2D eigenvalue weighted by Gasteiger charge is 2.50. The van der Waals surface area contributed by atoms with Crippen LogP contribution in [0.5, 0.6) is 5.75 Å². The van der Waals surface area contributed by atoms with Crippen molar-refractivity contribution in [3.63, 3.8) is 0 Å². The van der Waals surface area contributed by atoms with Crippen LogP contribution in [0.1, 0.15) is 32.4 Å². The Morgan fingerprint density at radius 3 is 2.23 bits per heavy atom. The molecule has 1 aromatic carbocycles. The van der Waals surface area contributed by atoms with Gasteiger partial charge in [-0.3, -0.25) is 0 Å². The Labute approximate surface area is 140 Å². The van der Waals surface area contributed by atoms with Gasteiger partial charge in [-0.2, -0.15) is 13.2 Å². The Morgan fingerprint density at radius 2 is 1.82 bits per heavy atom. The molecule has 0 bridgehead atoms. The van der Waals surface area contributed by atoms with Gasteiger partial charge in [0.05, 0.1) is 11.6 Å². The van der Waals surface area contributed by atoms with Gasteiger partial charge in [-0.15, -0.1) is 4.31 Å². The zero-order chi connectivity index (χ0) is 17.3. The quantitative estimate of drug-likeness (QED) is 0.698. The topological polar surface area (TPSA) is 35.5 Å². The SMILES string of the molecule is COc1cc([C@H](N(C)[S+]([O-])C(C)(C)C)C(F)(F)F)ccc1Br. The Morgan fingerprint density at radius 1 is 1.27 bits per heavy atom. The standard InChI is InChI=1S/C14H19BrF3NO2S/c1-13(2,3)22(20)19(4)12(14(16,17)18)9-6-7-10(15)11(8-9)21-5/h6-8,12H,1-5H3/t12-,22?/m0/s1. The molecular weight excluding hydrogens is 383 g/mol. The monoisotopic (exact) mass is 401 g/mol. The molecule has 0 fully saturated rings. The summed E-state index contributed by atoms with van der Waals surface area (Å²) in [4.78, 5) is 0. The van der Waals surface area contributed by atoms with E-state index in [2.05, 4.69) is 15.9 Å². The van der Waals surface area contributed by atoms with Crippen LogP contribution in [0.3, 0.4) is 0 Å². The van der Waals surface area contributed by atoms with E-state index in [1.807, 2.05) is 0 Å². The first-order chi connectivity index (χ1) is 9.89. The summed E-state index contributed by atoms with van der Waals surface area (Å²) in [6, 6.07) is 2.16. The first-order valence-corrected chi connectivity index (χ1v) is 8.34. The molecule has 3 nitrogen and oxygen atoms in total. The number of ether oxygens (including phenoxy) is 1. The molecule has 1 rings (SSSR count). The van der Waals surface area contributed by atoms with E-state index in [0.29, 0.717) is 10.2 Å². The van der Waals surface area contributed by atoms with E-state index in [4.69, 9.17) is 4.74 Å². The third-order valence-corrected chi connectivity index (χ3v) is 5.39. The van der Waals surface area contributed by atoms with Crippen molar-refractivity contribution in [3.05, 3.63) is 28.2 Å². The number of rotatable bonds is 4. The van der Waals surface area contributed by atoms with Gasteiger partial charge in [0.25, 0.3) is 0 Å². The second-order valence-corrected chi connectivity index (χ2v) is 8.90. The molecule has 0 aliphatic rings. The van der Waals surface area contributed by atoms with Gasteiger partial charge in [0.2, 0.25) is 0 Å². The van der Waals surface area contributed by atoms with Gasteiger partial charge >= 0.3 is 6.18 Å². The van der Waals surface area contributed by atoms with Crippen LogP contribution < -0.4 is 4.74 Å². The van der Waals surface area contributed by atoms with Crippen LogP contribution >= 0.6 is 15.9 Å². The van der Waals surface area contributed by atoms with Crippen molar-refractivity contribution < 1.29 is 22.5 Å². The van der Waals surface area contributed by atoms with Crippen LogP contribution in [0.4, 0.5) is 13.2 Å². The van der Waals surface area contributed by atoms with Gasteiger partial charge < -0.3 is 9.29 Å². The fourth-order valence-electron chi connectivity index (χ4n) is 1.98. The third-order valence-electron chi connectivity index (χ3n) is 2.95. The van der Waals surface area contributed by atoms with Crippen molar-refractivity contribution in [2.75, 3.05) is 14.2 Å². The molecule has 8 heteroatoms.